The molecule has 1 aliphatic heterocycles. The molecule has 2 atom stereocenters. The summed E-state index contributed by atoms with van der Waals surface area (Å²) >= 11 is 0. The van der Waals surface area contributed by atoms with Crippen molar-refractivity contribution in [2.45, 2.75) is 70.5 Å². The van der Waals surface area contributed by atoms with Crippen molar-refractivity contribution in [3.63, 3.8) is 0 Å². The predicted molar refractivity (Wildman–Crippen MR) is 136 cm³/mol. The van der Waals surface area contributed by atoms with E-state index in [1.807, 2.05) is 60.8 Å². The Morgan fingerprint density at radius 3 is 2.53 bits per heavy atom. The topological polar surface area (TPSA) is 89.8 Å². The molecule has 0 spiro atoms. The van der Waals surface area contributed by atoms with Crippen LogP contribution < -0.4 is 5.32 Å². The van der Waals surface area contributed by atoms with Gasteiger partial charge in [0.1, 0.15) is 0 Å². The summed E-state index contributed by atoms with van der Waals surface area (Å²) < 4.78 is 13.8. The number of amides is 1. The highest BCUT2D eigenvalue weighted by Crippen LogP contribution is 2.37. The zero-order chi connectivity index (χ0) is 25.1. The van der Waals surface area contributed by atoms with Crippen molar-refractivity contribution < 1.29 is 24.2 Å². The first-order chi connectivity index (χ1) is 17.5. The van der Waals surface area contributed by atoms with Crippen molar-refractivity contribution in [1.29, 1.82) is 0 Å². The van der Waals surface area contributed by atoms with Crippen molar-refractivity contribution in [2.24, 2.45) is 0 Å². The van der Waals surface area contributed by atoms with Gasteiger partial charge < -0.3 is 19.9 Å². The van der Waals surface area contributed by atoms with Crippen LogP contribution in [0, 0.1) is 0 Å². The van der Waals surface area contributed by atoms with Gasteiger partial charge in [-0.25, -0.2) is 0 Å². The minimum atomic E-state index is -0.624. The summed E-state index contributed by atoms with van der Waals surface area (Å²) in [5.74, 6) is -0.177. The summed E-state index contributed by atoms with van der Waals surface area (Å²) in [5.41, 5.74) is 3.60. The summed E-state index contributed by atoms with van der Waals surface area (Å²) in [5, 5.41) is 13.4. The van der Waals surface area contributed by atoms with Gasteiger partial charge in [0.25, 0.3) is 5.91 Å². The van der Waals surface area contributed by atoms with Crippen LogP contribution in [0.15, 0.2) is 66.6 Å². The molecule has 2 heterocycles. The molecule has 2 aliphatic rings. The van der Waals surface area contributed by atoms with Crippen LogP contribution in [0.4, 0.5) is 0 Å². The molecule has 0 unspecified atom stereocenters. The van der Waals surface area contributed by atoms with Gasteiger partial charge in [0.2, 0.25) is 12.2 Å². The number of allylic oxidation sites excluding steroid dienone is 1. The molecule has 188 valence electrons. The van der Waals surface area contributed by atoms with Gasteiger partial charge >= 0.3 is 0 Å². The maximum Gasteiger partial charge on any atom is 0.286 e. The molecule has 2 aromatic carbocycles. The number of aliphatic hydroxyl groups is 1. The van der Waals surface area contributed by atoms with E-state index in [9.17, 15) is 14.7 Å². The number of fused-ring (bicyclic) bond motifs is 1. The lowest BCUT2D eigenvalue weighted by Crippen LogP contribution is -2.37. The fourth-order valence-corrected chi connectivity index (χ4v) is 5.15. The fourth-order valence-electron chi connectivity index (χ4n) is 5.15. The lowest BCUT2D eigenvalue weighted by atomic mass is 9.92. The lowest BCUT2D eigenvalue weighted by Gasteiger charge is -2.29. The second-order valence-corrected chi connectivity index (χ2v) is 9.65. The van der Waals surface area contributed by atoms with E-state index >= 15 is 0 Å². The number of aliphatic hydroxyl groups excluding tert-OH is 1. The van der Waals surface area contributed by atoms with Crippen molar-refractivity contribution in [3.8, 4) is 0 Å². The maximum atomic E-state index is 13.2. The number of nitrogens with zero attached hydrogens (tertiary/aromatic N) is 1. The van der Waals surface area contributed by atoms with Gasteiger partial charge in [0.15, 0.2) is 5.76 Å². The molecule has 7 nitrogen and oxygen atoms in total. The molecule has 1 amide bonds. The van der Waals surface area contributed by atoms with Crippen LogP contribution in [0.5, 0.6) is 0 Å². The molecule has 0 bridgehead atoms. The van der Waals surface area contributed by atoms with Crippen molar-refractivity contribution in [2.75, 3.05) is 0 Å². The number of hydrogen-bond donors (Lipinski definition) is 2. The maximum absolute atomic E-state index is 13.2. The normalized spacial score (nSPS) is 20.2. The SMILES string of the molecule is CC(=O)n1cc([C@@H]2C=C(C(=O)NC3CCCC3)O[C@H](OCc3ccc(CO)cc3)C2)c2ccccc21. The van der Waals surface area contributed by atoms with E-state index < -0.39 is 6.29 Å². The Kier molecular flexibility index (Phi) is 7.20. The van der Waals surface area contributed by atoms with E-state index in [1.54, 1.807) is 11.5 Å². The zero-order valence-corrected chi connectivity index (χ0v) is 20.5. The Bertz CT molecular complexity index is 1270. The third-order valence-electron chi connectivity index (χ3n) is 7.09. The molecule has 1 saturated carbocycles. The third kappa shape index (κ3) is 5.22. The number of carbonyl (C=O) groups is 2. The van der Waals surface area contributed by atoms with E-state index in [-0.39, 0.29) is 36.1 Å². The molecule has 0 radical (unpaired) electrons. The highest BCUT2D eigenvalue weighted by molar-refractivity contribution is 5.95. The summed E-state index contributed by atoms with van der Waals surface area (Å²) in [6, 6.07) is 15.5. The Morgan fingerprint density at radius 1 is 1.08 bits per heavy atom. The average molecular weight is 489 g/mol. The molecule has 7 heteroatoms. The van der Waals surface area contributed by atoms with Gasteiger partial charge in [-0.15, -0.1) is 0 Å². The van der Waals surface area contributed by atoms with E-state index in [2.05, 4.69) is 5.32 Å². The van der Waals surface area contributed by atoms with Gasteiger partial charge in [0, 0.05) is 36.9 Å². The number of ether oxygens (including phenoxy) is 2. The number of aromatic nitrogens is 1. The molecule has 3 aromatic rings. The second kappa shape index (κ2) is 10.7. The monoisotopic (exact) mass is 488 g/mol. The Morgan fingerprint density at radius 2 is 1.81 bits per heavy atom. The number of rotatable bonds is 7. The van der Waals surface area contributed by atoms with Crippen LogP contribution in [0.1, 0.15) is 66.4 Å². The Balaban J connectivity index is 1.42. The van der Waals surface area contributed by atoms with Crippen LogP contribution in [0.3, 0.4) is 0 Å². The molecule has 2 N–H and O–H groups in total. The summed E-state index contributed by atoms with van der Waals surface area (Å²) in [4.78, 5) is 25.5. The molecule has 36 heavy (non-hydrogen) atoms. The molecule has 1 aliphatic carbocycles. The van der Waals surface area contributed by atoms with Crippen LogP contribution in [-0.4, -0.2) is 33.8 Å². The number of carbonyl (C=O) groups excluding carboxylic acids is 2. The first kappa shape index (κ1) is 24.3. The second-order valence-electron chi connectivity index (χ2n) is 9.65. The molecule has 5 rings (SSSR count). The smallest absolute Gasteiger partial charge is 0.286 e. The number of para-hydroxylation sites is 1. The van der Waals surface area contributed by atoms with Crippen molar-refractivity contribution in [1.82, 2.24) is 9.88 Å². The van der Waals surface area contributed by atoms with Crippen LogP contribution in [0.25, 0.3) is 10.9 Å². The van der Waals surface area contributed by atoms with Crippen LogP contribution >= 0.6 is 0 Å². The molecule has 1 fully saturated rings. The largest absolute Gasteiger partial charge is 0.459 e. The minimum absolute atomic E-state index is 0.00726. The zero-order valence-electron chi connectivity index (χ0n) is 20.5. The number of nitrogens with one attached hydrogen (secondary N) is 1. The van der Waals surface area contributed by atoms with E-state index in [1.165, 1.54) is 0 Å². The summed E-state index contributed by atoms with van der Waals surface area (Å²) in [7, 11) is 0. The van der Waals surface area contributed by atoms with E-state index in [0.29, 0.717) is 13.0 Å². The van der Waals surface area contributed by atoms with Gasteiger partial charge in [-0.05, 0) is 41.7 Å². The third-order valence-corrected chi connectivity index (χ3v) is 7.09. The van der Waals surface area contributed by atoms with E-state index in [4.69, 9.17) is 9.47 Å². The highest BCUT2D eigenvalue weighted by Gasteiger charge is 2.32. The van der Waals surface area contributed by atoms with Crippen molar-refractivity contribution in [3.05, 3.63) is 83.3 Å². The average Bonchev–Trinajstić information content (AvgIpc) is 3.55. The Labute approximate surface area is 210 Å². The van der Waals surface area contributed by atoms with Crippen molar-refractivity contribution >= 4 is 22.7 Å². The summed E-state index contributed by atoms with van der Waals surface area (Å²) in [6.45, 7) is 1.85. The van der Waals surface area contributed by atoms with E-state index in [0.717, 1.165) is 53.3 Å². The number of benzene rings is 2. The standard InChI is InChI=1S/C29H32N2O5/c1-19(33)31-16-25(24-8-4-5-9-26(24)31)22-14-27(29(34)30-23-6-2-3-7-23)36-28(15-22)35-18-21-12-10-20(17-32)11-13-21/h4-5,8-14,16,22-23,28,32H,2-3,6-7,15,17-18H2,1H3,(H,30,34)/t22-,28+/m1/s1. The Hall–Kier alpha value is -3.42. The van der Waals surface area contributed by atoms with Crippen LogP contribution in [-0.2, 0) is 27.5 Å². The van der Waals surface area contributed by atoms with Gasteiger partial charge in [-0.3, -0.25) is 14.2 Å². The number of hydrogen-bond acceptors (Lipinski definition) is 5. The molecule has 0 saturated heterocycles. The first-order valence-corrected chi connectivity index (χ1v) is 12.6. The quantitative estimate of drug-likeness (QED) is 0.499. The fraction of sp³-hybridized carbons (Fsp3) is 0.379. The van der Waals surface area contributed by atoms with Gasteiger partial charge in [-0.2, -0.15) is 0 Å². The molecular formula is C29H32N2O5. The lowest BCUT2D eigenvalue weighted by molar-refractivity contribution is -0.150. The predicted octanol–water partition coefficient (Wildman–Crippen LogP) is 4.78. The van der Waals surface area contributed by atoms with Gasteiger partial charge in [-0.1, -0.05) is 55.3 Å². The minimum Gasteiger partial charge on any atom is -0.459 e. The molecular weight excluding hydrogens is 456 g/mol. The van der Waals surface area contributed by atoms with Crippen LogP contribution in [0.2, 0.25) is 0 Å². The molecule has 1 aromatic heterocycles. The summed E-state index contributed by atoms with van der Waals surface area (Å²) in [6.07, 6.45) is 7.85. The van der Waals surface area contributed by atoms with Gasteiger partial charge in [0.05, 0.1) is 18.7 Å². The first-order valence-electron chi connectivity index (χ1n) is 12.6. The highest BCUT2D eigenvalue weighted by atomic mass is 16.7.